The van der Waals surface area contributed by atoms with Gasteiger partial charge >= 0.3 is 5.76 Å². The van der Waals surface area contributed by atoms with Crippen LogP contribution < -0.4 is 5.76 Å². The van der Waals surface area contributed by atoms with Crippen molar-refractivity contribution in [3.05, 3.63) is 33.8 Å². The zero-order valence-electron chi connectivity index (χ0n) is 13.5. The number of carbonyl (C=O) groups excluding carboxylic acids is 1. The van der Waals surface area contributed by atoms with Crippen molar-refractivity contribution in [3.63, 3.8) is 0 Å². The maximum absolute atomic E-state index is 12.7. The maximum atomic E-state index is 12.7. The minimum Gasteiger partial charge on any atom is -0.408 e. The quantitative estimate of drug-likeness (QED) is 0.836. The Morgan fingerprint density at radius 1 is 1.21 bits per heavy atom. The molecule has 0 radical (unpaired) electrons. The first-order valence-electron chi connectivity index (χ1n) is 8.68. The SMILES string of the molecule is O=C(Cn1c(=O)oc2cc(Cl)ccc21)N1CC[C@@H]2CCCC[C@H]2C1. The fraction of sp³-hybridized carbons (Fsp3) is 0.556. The molecule has 0 N–H and O–H groups in total. The molecular weight excluding hydrogens is 328 g/mol. The second-order valence-corrected chi connectivity index (χ2v) is 7.44. The lowest BCUT2D eigenvalue weighted by Gasteiger charge is -2.41. The number of aromatic nitrogens is 1. The van der Waals surface area contributed by atoms with Gasteiger partial charge in [0, 0.05) is 24.2 Å². The summed E-state index contributed by atoms with van der Waals surface area (Å²) in [6.07, 6.45) is 6.22. The number of halogens is 1. The summed E-state index contributed by atoms with van der Waals surface area (Å²) in [4.78, 5) is 26.7. The number of rotatable bonds is 2. The van der Waals surface area contributed by atoms with Gasteiger partial charge in [0.15, 0.2) is 5.58 Å². The number of fused-ring (bicyclic) bond motifs is 2. The topological polar surface area (TPSA) is 55.5 Å². The first-order valence-corrected chi connectivity index (χ1v) is 9.06. The van der Waals surface area contributed by atoms with Crippen LogP contribution in [0.4, 0.5) is 0 Å². The molecule has 1 aromatic carbocycles. The van der Waals surface area contributed by atoms with Crippen LogP contribution in [0.15, 0.2) is 27.4 Å². The monoisotopic (exact) mass is 348 g/mol. The van der Waals surface area contributed by atoms with Crippen molar-refractivity contribution in [1.82, 2.24) is 9.47 Å². The smallest absolute Gasteiger partial charge is 0.408 e. The minimum absolute atomic E-state index is 0.00114. The van der Waals surface area contributed by atoms with Gasteiger partial charge in [-0.05, 0) is 36.8 Å². The summed E-state index contributed by atoms with van der Waals surface area (Å²) in [7, 11) is 0. The van der Waals surface area contributed by atoms with E-state index in [2.05, 4.69) is 0 Å². The summed E-state index contributed by atoms with van der Waals surface area (Å²) in [6, 6.07) is 5.03. The number of piperidine rings is 1. The first kappa shape index (κ1) is 15.8. The Balaban J connectivity index is 1.52. The second-order valence-electron chi connectivity index (χ2n) is 7.00. The summed E-state index contributed by atoms with van der Waals surface area (Å²) in [6.45, 7) is 1.67. The molecule has 2 atom stereocenters. The summed E-state index contributed by atoms with van der Waals surface area (Å²) in [5.74, 6) is 0.905. The van der Waals surface area contributed by atoms with Gasteiger partial charge in [0.1, 0.15) is 6.54 Å². The molecule has 1 saturated heterocycles. The highest BCUT2D eigenvalue weighted by atomic mass is 35.5. The second kappa shape index (κ2) is 6.28. The molecule has 0 bridgehead atoms. The number of carbonyl (C=O) groups is 1. The molecule has 2 aromatic rings. The van der Waals surface area contributed by atoms with Gasteiger partial charge in [-0.2, -0.15) is 0 Å². The van der Waals surface area contributed by atoms with Crippen molar-refractivity contribution < 1.29 is 9.21 Å². The van der Waals surface area contributed by atoms with E-state index in [-0.39, 0.29) is 12.5 Å². The third-order valence-electron chi connectivity index (χ3n) is 5.57. The maximum Gasteiger partial charge on any atom is 0.420 e. The van der Waals surface area contributed by atoms with Crippen molar-refractivity contribution in [2.75, 3.05) is 13.1 Å². The molecule has 0 unspecified atom stereocenters. The van der Waals surface area contributed by atoms with Crippen LogP contribution in [0, 0.1) is 11.8 Å². The van der Waals surface area contributed by atoms with Crippen LogP contribution >= 0.6 is 11.6 Å². The van der Waals surface area contributed by atoms with Gasteiger partial charge in [0.05, 0.1) is 5.52 Å². The standard InChI is InChI=1S/C18H21ClN2O3/c19-14-5-6-15-16(9-14)24-18(23)21(15)11-17(22)20-8-7-12-3-1-2-4-13(12)10-20/h5-6,9,12-13H,1-4,7-8,10-11H2/t12-,13-/m0/s1. The predicted octanol–water partition coefficient (Wildman–Crippen LogP) is 3.29. The van der Waals surface area contributed by atoms with Crippen LogP contribution in [0.5, 0.6) is 0 Å². The first-order chi connectivity index (χ1) is 11.6. The van der Waals surface area contributed by atoms with Crippen LogP contribution in [0.2, 0.25) is 5.02 Å². The molecule has 2 aliphatic rings. The van der Waals surface area contributed by atoms with Crippen molar-refractivity contribution in [2.24, 2.45) is 11.8 Å². The molecule has 0 spiro atoms. The molecule has 128 valence electrons. The molecule has 6 heteroatoms. The third kappa shape index (κ3) is 2.86. The van der Waals surface area contributed by atoms with E-state index in [4.69, 9.17) is 16.0 Å². The summed E-state index contributed by atoms with van der Waals surface area (Å²) < 4.78 is 6.61. The van der Waals surface area contributed by atoms with E-state index in [1.165, 1.54) is 30.3 Å². The molecule has 2 heterocycles. The lowest BCUT2D eigenvalue weighted by molar-refractivity contribution is -0.135. The zero-order chi connectivity index (χ0) is 16.7. The van der Waals surface area contributed by atoms with Gasteiger partial charge in [-0.15, -0.1) is 0 Å². The molecule has 1 amide bonds. The van der Waals surface area contributed by atoms with E-state index in [0.717, 1.165) is 25.4 Å². The van der Waals surface area contributed by atoms with E-state index < -0.39 is 5.76 Å². The highest BCUT2D eigenvalue weighted by Crippen LogP contribution is 2.36. The Morgan fingerprint density at radius 3 is 2.83 bits per heavy atom. The number of hydrogen-bond acceptors (Lipinski definition) is 3. The van der Waals surface area contributed by atoms with Crippen molar-refractivity contribution in [3.8, 4) is 0 Å². The average Bonchev–Trinajstić information content (AvgIpc) is 2.89. The van der Waals surface area contributed by atoms with Gasteiger partial charge in [0.25, 0.3) is 0 Å². The van der Waals surface area contributed by atoms with Gasteiger partial charge in [-0.1, -0.05) is 30.9 Å². The largest absolute Gasteiger partial charge is 0.420 e. The fourth-order valence-electron chi connectivity index (χ4n) is 4.25. The predicted molar refractivity (Wildman–Crippen MR) is 92.1 cm³/mol. The minimum atomic E-state index is -0.506. The van der Waals surface area contributed by atoms with Gasteiger partial charge in [-0.25, -0.2) is 4.79 Å². The van der Waals surface area contributed by atoms with E-state index >= 15 is 0 Å². The molecule has 1 aliphatic heterocycles. The highest BCUT2D eigenvalue weighted by molar-refractivity contribution is 6.31. The third-order valence-corrected chi connectivity index (χ3v) is 5.80. The van der Waals surface area contributed by atoms with Crippen molar-refractivity contribution >= 4 is 28.6 Å². The van der Waals surface area contributed by atoms with Crippen LogP contribution in [0.3, 0.4) is 0 Å². The summed E-state index contributed by atoms with van der Waals surface area (Å²) in [5, 5.41) is 0.508. The van der Waals surface area contributed by atoms with E-state index in [0.29, 0.717) is 22.0 Å². The van der Waals surface area contributed by atoms with Crippen molar-refractivity contribution in [1.29, 1.82) is 0 Å². The van der Waals surface area contributed by atoms with E-state index in [9.17, 15) is 9.59 Å². The number of nitrogens with zero attached hydrogens (tertiary/aromatic N) is 2. The van der Waals surface area contributed by atoms with Crippen LogP contribution in [0.25, 0.3) is 11.1 Å². The number of hydrogen-bond donors (Lipinski definition) is 0. The Hall–Kier alpha value is -1.75. The van der Waals surface area contributed by atoms with Crippen LogP contribution in [-0.4, -0.2) is 28.5 Å². The van der Waals surface area contributed by atoms with Crippen LogP contribution in [-0.2, 0) is 11.3 Å². The van der Waals surface area contributed by atoms with Gasteiger partial charge < -0.3 is 9.32 Å². The number of likely N-dealkylation sites (tertiary alicyclic amines) is 1. The molecule has 24 heavy (non-hydrogen) atoms. The van der Waals surface area contributed by atoms with Gasteiger partial charge in [-0.3, -0.25) is 9.36 Å². The van der Waals surface area contributed by atoms with E-state index in [1.807, 2.05) is 4.90 Å². The number of amides is 1. The zero-order valence-corrected chi connectivity index (χ0v) is 14.3. The van der Waals surface area contributed by atoms with Gasteiger partial charge in [0.2, 0.25) is 5.91 Å². The normalized spacial score (nSPS) is 24.1. The number of oxazole rings is 1. The summed E-state index contributed by atoms with van der Waals surface area (Å²) in [5.41, 5.74) is 1.04. The molecule has 1 saturated carbocycles. The van der Waals surface area contributed by atoms with Crippen molar-refractivity contribution in [2.45, 2.75) is 38.6 Å². The van der Waals surface area contributed by atoms with Crippen LogP contribution in [0.1, 0.15) is 32.1 Å². The summed E-state index contributed by atoms with van der Waals surface area (Å²) >= 11 is 5.93. The number of benzene rings is 1. The molecular formula is C18H21ClN2O3. The Kier molecular flexibility index (Phi) is 4.12. The Bertz CT molecular complexity index is 825. The lowest BCUT2D eigenvalue weighted by Crippen LogP contribution is -2.46. The molecule has 1 aliphatic carbocycles. The molecule has 1 aromatic heterocycles. The lowest BCUT2D eigenvalue weighted by atomic mass is 9.75. The Morgan fingerprint density at radius 2 is 2.00 bits per heavy atom. The fourth-order valence-corrected chi connectivity index (χ4v) is 4.41. The molecule has 2 fully saturated rings. The molecule has 4 rings (SSSR count). The molecule has 5 nitrogen and oxygen atoms in total. The Labute approximate surface area is 145 Å². The highest BCUT2D eigenvalue weighted by Gasteiger charge is 2.33. The average molecular weight is 349 g/mol. The van der Waals surface area contributed by atoms with E-state index in [1.54, 1.807) is 18.2 Å².